The van der Waals surface area contributed by atoms with Crippen LogP contribution in [0.1, 0.15) is 113 Å². The first-order chi connectivity index (χ1) is 18.9. The molecule has 1 aliphatic heterocycles. The summed E-state index contributed by atoms with van der Waals surface area (Å²) >= 11 is 6.14. The molecule has 1 aliphatic rings. The SMILES string of the molecule is CCCCCCCCCCCC(=O)OC1(c2ccc(Cl)cc2)CCN(CCCC(=O)c2ccc(F)cc2)CC1. The van der Waals surface area contributed by atoms with Crippen LogP contribution in [0.2, 0.25) is 5.02 Å². The number of unbranched alkanes of at least 4 members (excludes halogenated alkanes) is 8. The summed E-state index contributed by atoms with van der Waals surface area (Å²) in [7, 11) is 0. The van der Waals surface area contributed by atoms with Gasteiger partial charge in [-0.25, -0.2) is 4.39 Å². The highest BCUT2D eigenvalue weighted by Crippen LogP contribution is 2.38. The van der Waals surface area contributed by atoms with E-state index in [1.165, 1.54) is 57.1 Å². The highest BCUT2D eigenvalue weighted by atomic mass is 35.5. The number of ether oxygens (including phenoxy) is 1. The molecule has 214 valence electrons. The molecule has 0 aliphatic carbocycles. The number of carbonyl (C=O) groups is 2. The van der Waals surface area contributed by atoms with Gasteiger partial charge in [0, 0.05) is 49.4 Å². The topological polar surface area (TPSA) is 46.6 Å². The van der Waals surface area contributed by atoms with Gasteiger partial charge in [-0.05, 0) is 61.3 Å². The number of likely N-dealkylation sites (tertiary alicyclic amines) is 1. The van der Waals surface area contributed by atoms with Crippen LogP contribution < -0.4 is 0 Å². The fourth-order valence-electron chi connectivity index (χ4n) is 5.43. The molecule has 2 aromatic rings. The lowest BCUT2D eigenvalue weighted by atomic mass is 9.84. The van der Waals surface area contributed by atoms with Crippen molar-refractivity contribution in [1.82, 2.24) is 4.90 Å². The van der Waals surface area contributed by atoms with Crippen LogP contribution in [-0.2, 0) is 15.1 Å². The summed E-state index contributed by atoms with van der Waals surface area (Å²) in [6.45, 7) is 4.62. The van der Waals surface area contributed by atoms with Gasteiger partial charge in [0.2, 0.25) is 0 Å². The molecule has 1 saturated heterocycles. The second kappa shape index (κ2) is 16.8. The quantitative estimate of drug-likeness (QED) is 0.111. The van der Waals surface area contributed by atoms with E-state index >= 15 is 0 Å². The molecule has 0 amide bonds. The molecule has 0 aromatic heterocycles. The molecule has 0 unspecified atom stereocenters. The van der Waals surface area contributed by atoms with Gasteiger partial charge in [0.05, 0.1) is 0 Å². The lowest BCUT2D eigenvalue weighted by Gasteiger charge is -2.41. The van der Waals surface area contributed by atoms with Crippen LogP contribution in [0.5, 0.6) is 0 Å². The van der Waals surface area contributed by atoms with Crippen LogP contribution in [0.3, 0.4) is 0 Å². The first-order valence-corrected chi connectivity index (χ1v) is 15.3. The Hall–Kier alpha value is -2.24. The summed E-state index contributed by atoms with van der Waals surface area (Å²) in [5, 5.41) is 0.665. The largest absolute Gasteiger partial charge is 0.454 e. The van der Waals surface area contributed by atoms with Gasteiger partial charge in [-0.1, -0.05) is 82.0 Å². The predicted molar refractivity (Wildman–Crippen MR) is 157 cm³/mol. The van der Waals surface area contributed by atoms with Crippen LogP contribution >= 0.6 is 11.6 Å². The third kappa shape index (κ3) is 10.7. The number of hydrogen-bond donors (Lipinski definition) is 0. The van der Waals surface area contributed by atoms with Gasteiger partial charge in [-0.3, -0.25) is 9.59 Å². The standard InChI is InChI=1S/C33H45ClFNO3/c1-2-3-4-5-6-7-8-9-10-13-32(38)39-33(28-16-18-29(34)19-17-28)22-25-36(26-23-33)24-11-12-31(37)27-14-20-30(35)21-15-27/h14-21H,2-13,22-26H2,1H3. The number of Topliss-reactive ketones (excluding diaryl/α,β-unsaturated/α-hetero) is 1. The fourth-order valence-corrected chi connectivity index (χ4v) is 5.56. The Morgan fingerprint density at radius 3 is 2.03 bits per heavy atom. The molecule has 0 spiro atoms. The Kier molecular flexibility index (Phi) is 13.5. The third-order valence-electron chi connectivity index (χ3n) is 7.87. The van der Waals surface area contributed by atoms with E-state index in [-0.39, 0.29) is 17.6 Å². The van der Waals surface area contributed by atoms with Crippen molar-refractivity contribution < 1.29 is 18.7 Å². The molecule has 0 radical (unpaired) electrons. The van der Waals surface area contributed by atoms with Gasteiger partial charge in [0.15, 0.2) is 5.78 Å². The molecule has 1 heterocycles. The monoisotopic (exact) mass is 557 g/mol. The van der Waals surface area contributed by atoms with E-state index in [1.54, 1.807) is 12.1 Å². The van der Waals surface area contributed by atoms with Gasteiger partial charge in [-0.2, -0.15) is 0 Å². The van der Waals surface area contributed by atoms with Crippen molar-refractivity contribution in [3.8, 4) is 0 Å². The van der Waals surface area contributed by atoms with Crippen molar-refractivity contribution in [1.29, 1.82) is 0 Å². The molecule has 39 heavy (non-hydrogen) atoms. The number of nitrogens with zero attached hydrogens (tertiary/aromatic N) is 1. The molecule has 1 fully saturated rings. The molecule has 3 rings (SSSR count). The smallest absolute Gasteiger partial charge is 0.306 e. The second-order valence-corrected chi connectivity index (χ2v) is 11.4. The van der Waals surface area contributed by atoms with Crippen LogP contribution in [-0.4, -0.2) is 36.3 Å². The Bertz CT molecular complexity index is 1000. The number of halogens is 2. The number of carbonyl (C=O) groups excluding carboxylic acids is 2. The van der Waals surface area contributed by atoms with Crippen LogP contribution in [0.4, 0.5) is 4.39 Å². The molecule has 0 N–H and O–H groups in total. The number of hydrogen-bond acceptors (Lipinski definition) is 4. The first kappa shape index (κ1) is 31.3. The van der Waals surface area contributed by atoms with Crippen molar-refractivity contribution in [2.45, 2.75) is 102 Å². The van der Waals surface area contributed by atoms with E-state index in [0.717, 1.165) is 44.5 Å². The van der Waals surface area contributed by atoms with Crippen LogP contribution in [0.25, 0.3) is 0 Å². The number of ketones is 1. The Balaban J connectivity index is 1.45. The molecular formula is C33H45ClFNO3. The van der Waals surface area contributed by atoms with E-state index in [9.17, 15) is 14.0 Å². The average Bonchev–Trinajstić information content (AvgIpc) is 2.94. The number of esters is 1. The van der Waals surface area contributed by atoms with Crippen molar-refractivity contribution in [3.05, 3.63) is 70.5 Å². The Morgan fingerprint density at radius 1 is 0.821 bits per heavy atom. The normalized spacial score (nSPS) is 15.3. The second-order valence-electron chi connectivity index (χ2n) is 10.9. The molecule has 0 bridgehead atoms. The molecule has 4 nitrogen and oxygen atoms in total. The molecule has 0 saturated carbocycles. The lowest BCUT2D eigenvalue weighted by molar-refractivity contribution is -0.167. The average molecular weight is 558 g/mol. The first-order valence-electron chi connectivity index (χ1n) is 14.9. The van der Waals surface area contributed by atoms with Gasteiger partial charge in [-0.15, -0.1) is 0 Å². The van der Waals surface area contributed by atoms with Crippen LogP contribution in [0, 0.1) is 5.82 Å². The summed E-state index contributed by atoms with van der Waals surface area (Å²) in [6.07, 6.45) is 14.0. The van der Waals surface area contributed by atoms with E-state index in [0.29, 0.717) is 36.3 Å². The maximum Gasteiger partial charge on any atom is 0.306 e. The molecule has 0 atom stereocenters. The minimum Gasteiger partial charge on any atom is -0.454 e. The van der Waals surface area contributed by atoms with Crippen molar-refractivity contribution >= 4 is 23.4 Å². The van der Waals surface area contributed by atoms with Gasteiger partial charge < -0.3 is 9.64 Å². The fraction of sp³-hybridized carbons (Fsp3) is 0.576. The lowest BCUT2D eigenvalue weighted by Crippen LogP contribution is -2.45. The maximum atomic E-state index is 13.1. The predicted octanol–water partition coefficient (Wildman–Crippen LogP) is 8.90. The minimum atomic E-state index is -0.638. The summed E-state index contributed by atoms with van der Waals surface area (Å²) in [6, 6.07) is 13.4. The summed E-state index contributed by atoms with van der Waals surface area (Å²) in [5.74, 6) is -0.419. The zero-order valence-electron chi connectivity index (χ0n) is 23.6. The van der Waals surface area contributed by atoms with Crippen molar-refractivity contribution in [2.24, 2.45) is 0 Å². The zero-order valence-corrected chi connectivity index (χ0v) is 24.3. The number of piperidine rings is 1. The molecule has 2 aromatic carbocycles. The zero-order chi connectivity index (χ0) is 27.9. The summed E-state index contributed by atoms with van der Waals surface area (Å²) in [5.41, 5.74) is 0.913. The van der Waals surface area contributed by atoms with E-state index in [1.807, 2.05) is 24.3 Å². The van der Waals surface area contributed by atoms with Gasteiger partial charge in [0.1, 0.15) is 11.4 Å². The maximum absolute atomic E-state index is 13.1. The van der Waals surface area contributed by atoms with Crippen LogP contribution in [0.15, 0.2) is 48.5 Å². The van der Waals surface area contributed by atoms with Gasteiger partial charge in [0.25, 0.3) is 0 Å². The molecular weight excluding hydrogens is 513 g/mol. The number of benzene rings is 2. The number of rotatable bonds is 17. The highest BCUT2D eigenvalue weighted by molar-refractivity contribution is 6.30. The van der Waals surface area contributed by atoms with Crippen molar-refractivity contribution in [2.75, 3.05) is 19.6 Å². The van der Waals surface area contributed by atoms with Gasteiger partial charge >= 0.3 is 5.97 Å². The third-order valence-corrected chi connectivity index (χ3v) is 8.12. The highest BCUT2D eigenvalue weighted by Gasteiger charge is 2.39. The molecule has 6 heteroatoms. The van der Waals surface area contributed by atoms with Crippen molar-refractivity contribution in [3.63, 3.8) is 0 Å². The van der Waals surface area contributed by atoms with E-state index < -0.39 is 5.60 Å². The minimum absolute atomic E-state index is 0.0351. The van der Waals surface area contributed by atoms with E-state index in [4.69, 9.17) is 16.3 Å². The summed E-state index contributed by atoms with van der Waals surface area (Å²) < 4.78 is 19.4. The Morgan fingerprint density at radius 2 is 1.41 bits per heavy atom. The Labute approximate surface area is 239 Å². The van der Waals surface area contributed by atoms with E-state index in [2.05, 4.69) is 11.8 Å². The summed E-state index contributed by atoms with van der Waals surface area (Å²) in [4.78, 5) is 27.7.